The average Bonchev–Trinajstić information content (AvgIpc) is 3.00. The Morgan fingerprint density at radius 3 is 3.06 bits per heavy atom. The van der Waals surface area contributed by atoms with Gasteiger partial charge in [-0.15, -0.1) is 11.3 Å². The van der Waals surface area contributed by atoms with Gasteiger partial charge in [0, 0.05) is 16.0 Å². The summed E-state index contributed by atoms with van der Waals surface area (Å²) in [6.45, 7) is 1.11. The van der Waals surface area contributed by atoms with E-state index in [0.717, 1.165) is 27.4 Å². The van der Waals surface area contributed by atoms with Crippen LogP contribution in [0.4, 0.5) is 0 Å². The van der Waals surface area contributed by atoms with Gasteiger partial charge in [-0.1, -0.05) is 0 Å². The first kappa shape index (κ1) is 11.3. The van der Waals surface area contributed by atoms with Gasteiger partial charge in [0.15, 0.2) is 0 Å². The van der Waals surface area contributed by atoms with E-state index in [-0.39, 0.29) is 0 Å². The van der Waals surface area contributed by atoms with E-state index in [1.165, 1.54) is 12.8 Å². The topological polar surface area (TPSA) is 37.8 Å². The van der Waals surface area contributed by atoms with Crippen LogP contribution in [-0.2, 0) is 0 Å². The fourth-order valence-corrected chi connectivity index (χ4v) is 3.09. The highest BCUT2D eigenvalue weighted by atomic mass is 79.9. The predicted octanol–water partition coefficient (Wildman–Crippen LogP) is 3.39. The largest absolute Gasteiger partial charge is 0.309 e. The Labute approximate surface area is 112 Å². The monoisotopic (exact) mass is 309 g/mol. The number of thiazole rings is 1. The van der Waals surface area contributed by atoms with Gasteiger partial charge in [0.05, 0.1) is 17.4 Å². The molecule has 2 aromatic heterocycles. The zero-order valence-corrected chi connectivity index (χ0v) is 11.6. The van der Waals surface area contributed by atoms with Crippen LogP contribution in [0.5, 0.6) is 0 Å². The number of hydrogen-bond donors (Lipinski definition) is 1. The minimum atomic E-state index is 0.440. The Balaban J connectivity index is 1.86. The molecule has 0 saturated carbocycles. The highest BCUT2D eigenvalue weighted by Crippen LogP contribution is 2.28. The van der Waals surface area contributed by atoms with Gasteiger partial charge < -0.3 is 5.32 Å². The Bertz CT molecular complexity index is 503. The quantitative estimate of drug-likeness (QED) is 0.924. The van der Waals surface area contributed by atoms with Crippen molar-refractivity contribution in [1.82, 2.24) is 15.3 Å². The number of rotatable bonds is 2. The van der Waals surface area contributed by atoms with Gasteiger partial charge in [-0.3, -0.25) is 4.98 Å². The van der Waals surface area contributed by atoms with E-state index in [9.17, 15) is 0 Å². The van der Waals surface area contributed by atoms with Gasteiger partial charge >= 0.3 is 0 Å². The summed E-state index contributed by atoms with van der Waals surface area (Å²) >= 11 is 5.05. The molecule has 1 aliphatic rings. The Hall–Kier alpha value is -0.780. The molecule has 2 aromatic rings. The second-order valence-corrected chi connectivity index (χ2v) is 5.86. The number of aromatic nitrogens is 2. The maximum absolute atomic E-state index is 4.67. The zero-order valence-electron chi connectivity index (χ0n) is 9.19. The Morgan fingerprint density at radius 1 is 1.41 bits per heavy atom. The third-order valence-electron chi connectivity index (χ3n) is 2.89. The first-order valence-electron chi connectivity index (χ1n) is 5.64. The van der Waals surface area contributed by atoms with Crippen molar-refractivity contribution < 1.29 is 0 Å². The van der Waals surface area contributed by atoms with Gasteiger partial charge in [-0.05, 0) is 47.4 Å². The molecule has 0 aliphatic carbocycles. The maximum Gasteiger partial charge on any atom is 0.142 e. The van der Waals surface area contributed by atoms with Gasteiger partial charge in [0.1, 0.15) is 5.01 Å². The third kappa shape index (κ3) is 2.41. The SMILES string of the molecule is Brc1ccc(-c2nc(C3CCCN3)cs2)nc1. The van der Waals surface area contributed by atoms with Crippen LogP contribution in [0.15, 0.2) is 28.2 Å². The summed E-state index contributed by atoms with van der Waals surface area (Å²) in [5, 5.41) is 6.61. The summed E-state index contributed by atoms with van der Waals surface area (Å²) in [5.41, 5.74) is 2.11. The Kier molecular flexibility index (Phi) is 3.22. The van der Waals surface area contributed by atoms with E-state index in [4.69, 9.17) is 0 Å². The molecule has 1 aliphatic heterocycles. The summed E-state index contributed by atoms with van der Waals surface area (Å²) in [6.07, 6.45) is 4.25. The smallest absolute Gasteiger partial charge is 0.142 e. The van der Waals surface area contributed by atoms with Crippen molar-refractivity contribution in [2.24, 2.45) is 0 Å². The molecule has 0 amide bonds. The molecule has 17 heavy (non-hydrogen) atoms. The van der Waals surface area contributed by atoms with Crippen molar-refractivity contribution in [3.63, 3.8) is 0 Å². The molecule has 3 rings (SSSR count). The van der Waals surface area contributed by atoms with Crippen LogP contribution in [0.1, 0.15) is 24.6 Å². The Morgan fingerprint density at radius 2 is 2.35 bits per heavy atom. The van der Waals surface area contributed by atoms with Crippen LogP contribution in [0, 0.1) is 0 Å². The number of pyridine rings is 1. The highest BCUT2D eigenvalue weighted by molar-refractivity contribution is 9.10. The molecule has 1 unspecified atom stereocenters. The standard InChI is InChI=1S/C12H12BrN3S/c13-8-3-4-10(15-6-8)12-16-11(7-17-12)9-2-1-5-14-9/h3-4,6-7,9,14H,1-2,5H2. The molecule has 5 heteroatoms. The van der Waals surface area contributed by atoms with Crippen LogP contribution in [0.2, 0.25) is 0 Å². The van der Waals surface area contributed by atoms with E-state index >= 15 is 0 Å². The highest BCUT2D eigenvalue weighted by Gasteiger charge is 2.19. The van der Waals surface area contributed by atoms with Crippen LogP contribution in [-0.4, -0.2) is 16.5 Å². The molecule has 0 spiro atoms. The fraction of sp³-hybridized carbons (Fsp3) is 0.333. The lowest BCUT2D eigenvalue weighted by molar-refractivity contribution is 0.632. The summed E-state index contributed by atoms with van der Waals surface area (Å²) < 4.78 is 0.996. The average molecular weight is 310 g/mol. The predicted molar refractivity (Wildman–Crippen MR) is 73.0 cm³/mol. The lowest BCUT2D eigenvalue weighted by Crippen LogP contribution is -2.12. The number of hydrogen-bond acceptors (Lipinski definition) is 4. The number of halogens is 1. The van der Waals surface area contributed by atoms with Crippen molar-refractivity contribution in [2.45, 2.75) is 18.9 Å². The molecule has 0 aromatic carbocycles. The van der Waals surface area contributed by atoms with Crippen molar-refractivity contribution in [2.75, 3.05) is 6.54 Å². The molecule has 1 N–H and O–H groups in total. The normalized spacial score (nSPS) is 19.7. The molecule has 1 atom stereocenters. The fourth-order valence-electron chi connectivity index (χ4n) is 2.00. The van der Waals surface area contributed by atoms with Gasteiger partial charge in [0.2, 0.25) is 0 Å². The van der Waals surface area contributed by atoms with Crippen LogP contribution < -0.4 is 5.32 Å². The van der Waals surface area contributed by atoms with Crippen molar-refractivity contribution in [3.05, 3.63) is 33.9 Å². The second-order valence-electron chi connectivity index (χ2n) is 4.09. The van der Waals surface area contributed by atoms with Crippen molar-refractivity contribution in [3.8, 4) is 10.7 Å². The molecule has 1 saturated heterocycles. The van der Waals surface area contributed by atoms with E-state index in [1.807, 2.05) is 18.3 Å². The third-order valence-corrected chi connectivity index (χ3v) is 4.24. The summed E-state index contributed by atoms with van der Waals surface area (Å²) in [6, 6.07) is 4.43. The molecule has 0 bridgehead atoms. The second kappa shape index (κ2) is 4.84. The van der Waals surface area contributed by atoms with Crippen molar-refractivity contribution in [1.29, 1.82) is 0 Å². The first-order valence-corrected chi connectivity index (χ1v) is 7.31. The molecular weight excluding hydrogens is 298 g/mol. The van der Waals surface area contributed by atoms with Crippen molar-refractivity contribution >= 4 is 27.3 Å². The molecule has 3 heterocycles. The summed E-state index contributed by atoms with van der Waals surface area (Å²) in [5.74, 6) is 0. The number of nitrogens with zero attached hydrogens (tertiary/aromatic N) is 2. The summed E-state index contributed by atoms with van der Waals surface area (Å²) in [4.78, 5) is 9.04. The van der Waals surface area contributed by atoms with Gasteiger partial charge in [0.25, 0.3) is 0 Å². The lowest BCUT2D eigenvalue weighted by Gasteiger charge is -2.04. The maximum atomic E-state index is 4.67. The first-order chi connectivity index (χ1) is 8.33. The minimum absolute atomic E-state index is 0.440. The van der Waals surface area contributed by atoms with Crippen LogP contribution in [0.25, 0.3) is 10.7 Å². The minimum Gasteiger partial charge on any atom is -0.309 e. The van der Waals surface area contributed by atoms with E-state index in [0.29, 0.717) is 6.04 Å². The zero-order chi connectivity index (χ0) is 11.7. The lowest BCUT2D eigenvalue weighted by atomic mass is 10.2. The molecule has 0 radical (unpaired) electrons. The van der Waals surface area contributed by atoms with E-state index < -0.39 is 0 Å². The van der Waals surface area contributed by atoms with E-state index in [2.05, 4.69) is 36.6 Å². The number of nitrogens with one attached hydrogen (secondary N) is 1. The van der Waals surface area contributed by atoms with Crippen LogP contribution >= 0.6 is 27.3 Å². The molecule has 1 fully saturated rings. The van der Waals surface area contributed by atoms with E-state index in [1.54, 1.807) is 11.3 Å². The van der Waals surface area contributed by atoms with Gasteiger partial charge in [-0.25, -0.2) is 4.98 Å². The molecule has 88 valence electrons. The molecule has 3 nitrogen and oxygen atoms in total. The van der Waals surface area contributed by atoms with Crippen LogP contribution in [0.3, 0.4) is 0 Å². The summed E-state index contributed by atoms with van der Waals surface area (Å²) in [7, 11) is 0. The van der Waals surface area contributed by atoms with Gasteiger partial charge in [-0.2, -0.15) is 0 Å². The molecular formula is C12H12BrN3S.